The fourth-order valence-corrected chi connectivity index (χ4v) is 22.9. The van der Waals surface area contributed by atoms with E-state index in [1.165, 1.54) is 79.5 Å². The molecule has 23 rings (SSSR count). The Kier molecular flexibility index (Phi) is 15.6. The van der Waals surface area contributed by atoms with Gasteiger partial charge in [0, 0.05) is 128 Å². The van der Waals surface area contributed by atoms with Crippen molar-refractivity contribution in [3.63, 3.8) is 0 Å². The lowest BCUT2D eigenvalue weighted by atomic mass is 9.30. The molecule has 16 heteroatoms. The number of anilines is 21. The van der Waals surface area contributed by atoms with Crippen LogP contribution in [0.4, 0.5) is 119 Å². The van der Waals surface area contributed by atoms with Gasteiger partial charge in [-0.25, -0.2) is 0 Å². The van der Waals surface area contributed by atoms with Gasteiger partial charge in [0.25, 0.3) is 20.1 Å². The first kappa shape index (κ1) is 67.0. The van der Waals surface area contributed by atoms with Crippen molar-refractivity contribution in [3.05, 3.63) is 351 Å². The highest BCUT2D eigenvalue weighted by Crippen LogP contribution is 2.55. The minimum Gasteiger partial charge on any atom is -0.458 e. The summed E-state index contributed by atoms with van der Waals surface area (Å²) < 4.78 is 18.1. The van der Waals surface area contributed by atoms with Crippen LogP contribution in [0.5, 0.6) is 11.5 Å². The van der Waals surface area contributed by atoms with Crippen molar-refractivity contribution in [3.8, 4) is 11.5 Å². The molecule has 1 N–H and O–H groups in total. The molecule has 0 amide bonds. The first-order valence-electron chi connectivity index (χ1n) is 38.8. The number of fused-ring (bicyclic) bond motifs is 16. The molecule has 0 saturated heterocycles. The molecule has 0 fully saturated rings. The highest BCUT2D eigenvalue weighted by Gasteiger charge is 2.51. The summed E-state index contributed by atoms with van der Waals surface area (Å²) in [5.74, 6) is 1.66. The smallest absolute Gasteiger partial charge is 0.264 e. The average Bonchev–Trinajstić information content (AvgIpc) is 1.19. The molecule has 15 aromatic carbocycles. The molecule has 2 aromatic heterocycles. The molecule has 17 aromatic rings. The van der Waals surface area contributed by atoms with Crippen LogP contribution in [0.1, 0.15) is 11.1 Å². The number of benzene rings is 15. The van der Waals surface area contributed by atoms with E-state index >= 15 is 0 Å². The summed E-state index contributed by atoms with van der Waals surface area (Å²) in [6.07, 6.45) is 4.47. The van der Waals surface area contributed by atoms with Crippen LogP contribution in [0, 0.1) is 13.8 Å². The van der Waals surface area contributed by atoms with Crippen LogP contribution in [0.25, 0.3) is 20.2 Å². The van der Waals surface area contributed by atoms with E-state index in [1.807, 2.05) is 22.7 Å². The number of ether oxygens (including phenoxy) is 1. The van der Waals surface area contributed by atoms with Crippen LogP contribution in [0.3, 0.4) is 0 Å². The molecule has 0 atom stereocenters. The van der Waals surface area contributed by atoms with Crippen LogP contribution in [-0.2, 0) is 0 Å². The molecule has 0 unspecified atom stereocenters. The van der Waals surface area contributed by atoms with Gasteiger partial charge in [-0.1, -0.05) is 193 Å². The average molecular weight is 1540 g/mol. The van der Waals surface area contributed by atoms with Gasteiger partial charge >= 0.3 is 0 Å². The second-order valence-corrected chi connectivity index (χ2v) is 33.7. The van der Waals surface area contributed by atoms with Gasteiger partial charge in [0.15, 0.2) is 0 Å². The normalized spacial score (nSPS) is 13.4. The van der Waals surface area contributed by atoms with Crippen molar-refractivity contribution >= 4 is 254 Å². The van der Waals surface area contributed by atoms with E-state index in [9.17, 15) is 0 Å². The van der Waals surface area contributed by atoms with Crippen molar-refractivity contribution < 1.29 is 4.74 Å². The lowest BCUT2D eigenvalue weighted by molar-refractivity contribution is 0.488. The van der Waals surface area contributed by atoms with E-state index in [1.54, 1.807) is 23.9 Å². The second kappa shape index (κ2) is 26.5. The number of nitrogens with zero attached hydrogens (tertiary/aromatic N) is 7. The zero-order valence-corrected chi connectivity index (χ0v) is 66.0. The van der Waals surface area contributed by atoms with Gasteiger partial charge in [0.2, 0.25) is 0 Å². The molecule has 0 aliphatic carbocycles. The van der Waals surface area contributed by atoms with Crippen LogP contribution >= 0.6 is 46.6 Å². The van der Waals surface area contributed by atoms with E-state index in [-0.39, 0.29) is 20.1 Å². The number of para-hydroxylation sites is 6. The Morgan fingerprint density at radius 2 is 0.693 bits per heavy atom. The van der Waals surface area contributed by atoms with Gasteiger partial charge in [0.05, 0.1) is 45.5 Å². The second-order valence-electron chi connectivity index (χ2n) is 30.1. The van der Waals surface area contributed by atoms with Crippen LogP contribution in [-0.4, -0.2) is 32.6 Å². The molecular formula is C98H69B3N8OS4. The molecule has 540 valence electrons. The van der Waals surface area contributed by atoms with E-state index in [0.717, 1.165) is 130 Å². The lowest BCUT2D eigenvalue weighted by Crippen LogP contribution is -2.65. The number of nitrogens with one attached hydrogen (secondary N) is 1. The number of thiophene rings is 2. The summed E-state index contributed by atoms with van der Waals surface area (Å²) >= 11 is 7.36. The highest BCUT2D eigenvalue weighted by atomic mass is 32.2. The maximum atomic E-state index is 7.95. The molecular weight excluding hydrogens is 1470 g/mol. The Morgan fingerprint density at radius 3 is 1.18 bits per heavy atom. The maximum Gasteiger partial charge on any atom is 0.264 e. The van der Waals surface area contributed by atoms with Crippen molar-refractivity contribution in [1.29, 1.82) is 0 Å². The Hall–Kier alpha value is -12.7. The summed E-state index contributed by atoms with van der Waals surface area (Å²) in [5, 5.41) is 6.79. The third-order valence-corrected chi connectivity index (χ3v) is 27.6. The fourth-order valence-electron chi connectivity index (χ4n) is 18.9. The first-order valence-corrected chi connectivity index (χ1v) is 42.8. The third-order valence-electron chi connectivity index (χ3n) is 23.7. The SMILES string of the molecule is CSN1c2cc3c(cc2B2c4cc5c(cc4Oc4cc(N(c6ccccc6)c6ccccc6)cc1c42)N(SC)c1cc(N(c2ccccc2)c2ccccc2)cc2c1B5c1sc4ccccc4c1N2c1ccccc1)B1c2sc4ccccc4c2N(c2ccccc2)c2cc(N(c4ccc(C)cc4)c4ccc(C)cc4)cc(c21)N3. The van der Waals surface area contributed by atoms with Gasteiger partial charge in [-0.3, -0.25) is 8.61 Å². The Balaban J connectivity index is 0.790. The van der Waals surface area contributed by atoms with Gasteiger partial charge in [-0.15, -0.1) is 22.7 Å². The quantitative estimate of drug-likeness (QED) is 0.0887. The standard InChI is InChI=1S/C98H69B3N8OS4/c1-61-43-47-69(48-44-61)105(70-49-45-62(2)46-50-70)71-51-81-92-84(52-71)106(67-35-19-9-20-36-67)95-74-39-23-25-41-90(74)113-97(95)100(92)76-57-77-82(59-80(76)102-81)108(111-3)87-55-73(104(65-31-15-7-16-32-65)66-33-17-8-18-34-66)56-89-94(87)99(77)79-58-78-83(60-88(79)110-89)109(112-4)86-54-72(103(63-27-11-5-12-28-63)64-29-13-6-14-30-64)53-85-93(86)101(78)98-96(75-40-24-26-42-91(75)114-98)107(85)68-37-21-10-22-38-68/h5-60,102H,1-4H3. The van der Waals surface area contributed by atoms with E-state index in [0.29, 0.717) is 0 Å². The van der Waals surface area contributed by atoms with Crippen molar-refractivity contribution in [2.24, 2.45) is 0 Å². The zero-order valence-electron chi connectivity index (χ0n) is 62.7. The van der Waals surface area contributed by atoms with Crippen molar-refractivity contribution in [2.75, 3.05) is 50.9 Å². The van der Waals surface area contributed by atoms with Crippen LogP contribution in [0.2, 0.25) is 0 Å². The fraction of sp³-hybridized carbons (Fsp3) is 0.0408. The summed E-state index contributed by atoms with van der Waals surface area (Å²) in [5.41, 5.74) is 34.0. The number of rotatable bonds is 13. The molecule has 6 aliphatic rings. The highest BCUT2D eigenvalue weighted by molar-refractivity contribution is 8.00. The molecule has 9 nitrogen and oxygen atoms in total. The predicted octanol–water partition coefficient (Wildman–Crippen LogP) is 21.9. The topological polar surface area (TPSA) is 43.9 Å². The predicted molar refractivity (Wildman–Crippen MR) is 494 cm³/mol. The number of aryl methyl sites for hydroxylation is 2. The minimum atomic E-state index is -0.293. The summed E-state index contributed by atoms with van der Waals surface area (Å²) in [6.45, 7) is 3.70. The maximum absolute atomic E-state index is 7.95. The van der Waals surface area contributed by atoms with E-state index in [4.69, 9.17) is 4.74 Å². The third kappa shape index (κ3) is 10.3. The molecule has 0 spiro atoms. The number of hydrogen-bond donors (Lipinski definition) is 1. The van der Waals surface area contributed by atoms with Gasteiger partial charge in [-0.05, 0) is 222 Å². The summed E-state index contributed by atoms with van der Waals surface area (Å²) in [7, 11) is 0. The molecule has 0 bridgehead atoms. The summed E-state index contributed by atoms with van der Waals surface area (Å²) in [6, 6.07) is 126. The Labute approximate surface area is 680 Å². The van der Waals surface area contributed by atoms with Crippen molar-refractivity contribution in [2.45, 2.75) is 13.8 Å². The minimum absolute atomic E-state index is 0.167. The van der Waals surface area contributed by atoms with Gasteiger partial charge in [0.1, 0.15) is 11.5 Å². The zero-order chi connectivity index (χ0) is 75.6. The number of hydrogen-bond acceptors (Lipinski definition) is 13. The van der Waals surface area contributed by atoms with E-state index < -0.39 is 0 Å². The molecule has 6 aliphatic heterocycles. The van der Waals surface area contributed by atoms with Gasteiger partial charge in [-0.2, -0.15) is 0 Å². The molecule has 8 heterocycles. The monoisotopic (exact) mass is 1530 g/mol. The molecule has 114 heavy (non-hydrogen) atoms. The largest absolute Gasteiger partial charge is 0.458 e. The van der Waals surface area contributed by atoms with Crippen molar-refractivity contribution in [1.82, 2.24) is 0 Å². The Bertz CT molecular complexity index is 6620. The molecule has 0 radical (unpaired) electrons. The van der Waals surface area contributed by atoms with E-state index in [2.05, 4.69) is 405 Å². The molecule has 0 saturated carbocycles. The van der Waals surface area contributed by atoms with Crippen LogP contribution in [0.15, 0.2) is 340 Å². The Morgan fingerprint density at radius 1 is 0.307 bits per heavy atom. The first-order chi connectivity index (χ1) is 56.3. The van der Waals surface area contributed by atoms with Crippen LogP contribution < -0.4 is 91.0 Å². The van der Waals surface area contributed by atoms with Gasteiger partial charge < -0.3 is 34.6 Å². The summed E-state index contributed by atoms with van der Waals surface area (Å²) in [4.78, 5) is 12.4. The lowest BCUT2D eigenvalue weighted by Gasteiger charge is -2.45.